The van der Waals surface area contributed by atoms with Gasteiger partial charge in [0.25, 0.3) is 0 Å². The number of rotatable bonds is 2. The first-order valence-corrected chi connectivity index (χ1v) is 4.23. The van der Waals surface area contributed by atoms with Crippen LogP contribution < -0.4 is 5.46 Å². The van der Waals surface area contributed by atoms with Crippen molar-refractivity contribution in [3.63, 3.8) is 0 Å². The van der Waals surface area contributed by atoms with Crippen molar-refractivity contribution in [2.24, 2.45) is 0 Å². The van der Waals surface area contributed by atoms with E-state index in [4.69, 9.17) is 0 Å². The van der Waals surface area contributed by atoms with Crippen molar-refractivity contribution in [1.82, 2.24) is 0 Å². The van der Waals surface area contributed by atoms with E-state index < -0.39 is 0 Å². The summed E-state index contributed by atoms with van der Waals surface area (Å²) in [5.74, 6) is 0. The molecule has 0 heterocycles. The Morgan fingerprint density at radius 3 is 2.50 bits per heavy atom. The molecule has 0 unspecified atom stereocenters. The lowest BCUT2D eigenvalue weighted by Gasteiger charge is -2.12. The Morgan fingerprint density at radius 2 is 2.08 bits per heavy atom. The van der Waals surface area contributed by atoms with Gasteiger partial charge in [0.2, 0.25) is 0 Å². The monoisotopic (exact) mass is 161 g/mol. The molecule has 0 saturated carbocycles. The zero-order valence-corrected chi connectivity index (χ0v) is 7.83. The number of aryl methyl sites for hydroxylation is 1. The van der Waals surface area contributed by atoms with Gasteiger partial charge >= 0.3 is 0 Å². The van der Waals surface area contributed by atoms with Crippen molar-refractivity contribution < 1.29 is 5.11 Å². The molecule has 1 rings (SSSR count). The molecule has 12 heavy (non-hydrogen) atoms. The summed E-state index contributed by atoms with van der Waals surface area (Å²) < 4.78 is 0. The van der Waals surface area contributed by atoms with Gasteiger partial charge in [-0.05, 0) is 19.4 Å². The minimum absolute atomic E-state index is 0.379. The normalized spacial score (nSPS) is 12.7. The molecular formula is C10H14BO. The van der Waals surface area contributed by atoms with E-state index in [1.807, 2.05) is 26.2 Å². The molecule has 0 amide bonds. The van der Waals surface area contributed by atoms with Crippen LogP contribution in [0.3, 0.4) is 0 Å². The van der Waals surface area contributed by atoms with Crippen LogP contribution in [0.1, 0.15) is 24.2 Å². The summed E-state index contributed by atoms with van der Waals surface area (Å²) in [5, 5.41) is 9.44. The molecule has 0 fully saturated rings. The van der Waals surface area contributed by atoms with Gasteiger partial charge in [-0.25, -0.2) is 0 Å². The van der Waals surface area contributed by atoms with Gasteiger partial charge < -0.3 is 5.11 Å². The highest BCUT2D eigenvalue weighted by molar-refractivity contribution is 6.53. The van der Waals surface area contributed by atoms with Gasteiger partial charge in [0, 0.05) is 0 Å². The molecule has 1 aromatic rings. The molecule has 0 spiro atoms. The molecule has 0 aliphatic rings. The molecule has 0 saturated heterocycles. The van der Waals surface area contributed by atoms with E-state index in [0.717, 1.165) is 11.0 Å². The number of hydrogen-bond donors (Lipinski definition) is 1. The van der Waals surface area contributed by atoms with E-state index in [0.29, 0.717) is 0 Å². The van der Waals surface area contributed by atoms with E-state index >= 15 is 0 Å². The minimum Gasteiger partial charge on any atom is -0.389 e. The van der Waals surface area contributed by atoms with Crippen molar-refractivity contribution >= 4 is 12.7 Å². The van der Waals surface area contributed by atoms with E-state index in [1.165, 1.54) is 5.56 Å². The van der Waals surface area contributed by atoms with Gasteiger partial charge in [-0.15, -0.1) is 0 Å². The Bertz CT molecular complexity index is 269. The molecular weight excluding hydrogens is 147 g/mol. The highest BCUT2D eigenvalue weighted by Crippen LogP contribution is 2.10. The van der Waals surface area contributed by atoms with Gasteiger partial charge in [-0.1, -0.05) is 36.0 Å². The van der Waals surface area contributed by atoms with Gasteiger partial charge in [0.15, 0.2) is 0 Å². The van der Waals surface area contributed by atoms with Crippen LogP contribution in [0.4, 0.5) is 0 Å². The van der Waals surface area contributed by atoms with E-state index in [2.05, 4.69) is 13.0 Å². The third kappa shape index (κ3) is 1.70. The summed E-state index contributed by atoms with van der Waals surface area (Å²) in [5.41, 5.74) is 3.39. The molecule has 0 aliphatic carbocycles. The Hall–Kier alpha value is -0.755. The average molecular weight is 161 g/mol. The van der Waals surface area contributed by atoms with E-state index in [1.54, 1.807) is 6.92 Å². The Kier molecular flexibility index (Phi) is 2.93. The summed E-state index contributed by atoms with van der Waals surface area (Å²) >= 11 is 0. The van der Waals surface area contributed by atoms with Gasteiger partial charge in [-0.2, -0.15) is 0 Å². The number of aliphatic hydroxyl groups is 1. The molecule has 2 heteroatoms. The summed E-state index contributed by atoms with van der Waals surface area (Å²) in [6, 6.07) is 6.00. The van der Waals surface area contributed by atoms with Gasteiger partial charge in [0.05, 0.1) is 6.10 Å². The van der Waals surface area contributed by atoms with Crippen LogP contribution in [0, 0.1) is 6.92 Å². The number of benzene rings is 1. The minimum atomic E-state index is -0.379. The highest BCUT2D eigenvalue weighted by Gasteiger charge is 2.07. The Morgan fingerprint density at radius 1 is 1.42 bits per heavy atom. The summed E-state index contributed by atoms with van der Waals surface area (Å²) in [7, 11) is 2.04. The lowest BCUT2D eigenvalue weighted by molar-refractivity contribution is 0.200. The van der Waals surface area contributed by atoms with Crippen molar-refractivity contribution in [1.29, 1.82) is 0 Å². The van der Waals surface area contributed by atoms with Gasteiger partial charge in [-0.3, -0.25) is 0 Å². The maximum absolute atomic E-state index is 9.44. The van der Waals surface area contributed by atoms with Crippen LogP contribution in [0.25, 0.3) is 0 Å². The molecule has 1 radical (unpaired) electrons. The fraction of sp³-hybridized carbons (Fsp3) is 0.400. The molecule has 1 atom stereocenters. The largest absolute Gasteiger partial charge is 0.389 e. The average Bonchev–Trinajstić information content (AvgIpc) is 2.03. The van der Waals surface area contributed by atoms with Crippen molar-refractivity contribution in [2.45, 2.75) is 26.8 Å². The van der Waals surface area contributed by atoms with Crippen LogP contribution >= 0.6 is 0 Å². The summed E-state index contributed by atoms with van der Waals surface area (Å²) in [6.45, 7) is 5.84. The predicted octanol–water partition coefficient (Wildman–Crippen LogP) is 1.43. The Balaban J connectivity index is 3.18. The van der Waals surface area contributed by atoms with Crippen LogP contribution in [-0.2, 0) is 0 Å². The second kappa shape index (κ2) is 3.77. The van der Waals surface area contributed by atoms with Crippen molar-refractivity contribution in [3.8, 4) is 0 Å². The topological polar surface area (TPSA) is 20.2 Å². The lowest BCUT2D eigenvalue weighted by Crippen LogP contribution is -2.21. The van der Waals surface area contributed by atoms with Crippen molar-refractivity contribution in [2.75, 3.05) is 0 Å². The van der Waals surface area contributed by atoms with Crippen LogP contribution in [0.2, 0.25) is 6.82 Å². The molecule has 63 valence electrons. The van der Waals surface area contributed by atoms with Crippen LogP contribution in [-0.4, -0.2) is 12.4 Å². The fourth-order valence-corrected chi connectivity index (χ4v) is 1.46. The van der Waals surface area contributed by atoms with Gasteiger partial charge in [0.1, 0.15) is 7.28 Å². The SMILES string of the molecule is C[B]c1c(C)cccc1[C@@H](C)O. The zero-order valence-electron chi connectivity index (χ0n) is 7.83. The van der Waals surface area contributed by atoms with Crippen molar-refractivity contribution in [3.05, 3.63) is 29.3 Å². The zero-order chi connectivity index (χ0) is 9.14. The Labute approximate surface area is 74.7 Å². The molecule has 1 N–H and O–H groups in total. The predicted molar refractivity (Wildman–Crippen MR) is 53.1 cm³/mol. The summed E-state index contributed by atoms with van der Waals surface area (Å²) in [6.07, 6.45) is -0.379. The molecule has 1 nitrogen and oxygen atoms in total. The standard InChI is InChI=1S/C10H14BO/c1-7-5-4-6-9(8(2)12)10(7)11-3/h4-6,8,12H,1-3H3/t8-/m1/s1. The highest BCUT2D eigenvalue weighted by atomic mass is 16.3. The fourth-order valence-electron chi connectivity index (χ4n) is 1.46. The third-order valence-corrected chi connectivity index (χ3v) is 2.10. The molecule has 1 aromatic carbocycles. The first-order valence-electron chi connectivity index (χ1n) is 4.23. The second-order valence-corrected chi connectivity index (χ2v) is 3.04. The number of aliphatic hydroxyl groups excluding tert-OH is 1. The molecule has 0 aromatic heterocycles. The maximum Gasteiger partial charge on any atom is 0.149 e. The summed E-state index contributed by atoms with van der Waals surface area (Å²) in [4.78, 5) is 0. The van der Waals surface area contributed by atoms with E-state index in [-0.39, 0.29) is 6.10 Å². The lowest BCUT2D eigenvalue weighted by atomic mass is 9.68. The molecule has 0 bridgehead atoms. The second-order valence-electron chi connectivity index (χ2n) is 3.04. The first kappa shape index (κ1) is 9.33. The smallest absolute Gasteiger partial charge is 0.149 e. The third-order valence-electron chi connectivity index (χ3n) is 2.10. The van der Waals surface area contributed by atoms with Crippen LogP contribution in [0.5, 0.6) is 0 Å². The molecule has 0 aliphatic heterocycles. The van der Waals surface area contributed by atoms with E-state index in [9.17, 15) is 5.11 Å². The number of hydrogen-bond acceptors (Lipinski definition) is 1. The quantitative estimate of drug-likeness (QED) is 0.650. The maximum atomic E-state index is 9.44. The first-order chi connectivity index (χ1) is 5.66. The van der Waals surface area contributed by atoms with Crippen LogP contribution in [0.15, 0.2) is 18.2 Å².